The van der Waals surface area contributed by atoms with Gasteiger partial charge in [0, 0.05) is 98.9 Å². The monoisotopic (exact) mass is 932 g/mol. The number of nitrogens with one attached hydrogen (secondary N) is 1. The van der Waals surface area contributed by atoms with Gasteiger partial charge in [0.25, 0.3) is 9.05 Å². The molecule has 8 rings (SSSR count). The van der Waals surface area contributed by atoms with E-state index in [2.05, 4.69) is 28.9 Å². The number of anilines is 2. The fourth-order valence-electron chi connectivity index (χ4n) is 6.13. The van der Waals surface area contributed by atoms with E-state index < -0.39 is 19.1 Å². The highest BCUT2D eigenvalue weighted by Crippen LogP contribution is 2.25. The lowest BCUT2D eigenvalue weighted by Gasteiger charge is -2.33. The van der Waals surface area contributed by atoms with Gasteiger partial charge in [-0.05, 0) is 71.8 Å². The Kier molecular flexibility index (Phi) is 16.0. The van der Waals surface area contributed by atoms with Gasteiger partial charge >= 0.3 is 0 Å². The van der Waals surface area contributed by atoms with Gasteiger partial charge in [0.2, 0.25) is 20.3 Å². The molecular weight excluding hydrogens is 890 g/mol. The van der Waals surface area contributed by atoms with Gasteiger partial charge in [0.15, 0.2) is 0 Å². The summed E-state index contributed by atoms with van der Waals surface area (Å²) >= 11 is 2.65. The molecule has 4 heterocycles. The highest BCUT2D eigenvalue weighted by atomic mass is 35.7. The molecule has 61 heavy (non-hydrogen) atoms. The van der Waals surface area contributed by atoms with E-state index in [1.165, 1.54) is 78.0 Å². The Morgan fingerprint density at radius 2 is 1.05 bits per heavy atom. The summed E-state index contributed by atoms with van der Waals surface area (Å²) in [5.74, 6) is 2.00. The summed E-state index contributed by atoms with van der Waals surface area (Å²) in [5.41, 5.74) is 1.20. The van der Waals surface area contributed by atoms with Gasteiger partial charge in [-0.2, -0.15) is 13.1 Å². The number of piperazine rings is 2. The molecule has 1 N–H and O–H groups in total. The molecule has 0 aliphatic carbocycles. The standard InChI is InChI=1S/C20H21FN4O3S2.C13H15FN4S.C7H7ClO3S/c1-28-16-6-8-17(9-7-16)30(26,27)25-12-10-24(11-13-25)20-22-19(23-29-20)14-15-4-2-3-5-18(15)21;14-11-4-2-1-3-10(11)9-12-16-13(19-17-12)18-7-5-15-6-8-18;1-11-6-2-4-7(5-3-6)12(8,9)10/h2-9H,10-14H2,1H3;1-4,15H,5-9H2;2-5H,1H3. The maximum absolute atomic E-state index is 13.8. The van der Waals surface area contributed by atoms with E-state index in [0.29, 0.717) is 73.3 Å². The van der Waals surface area contributed by atoms with Crippen LogP contribution in [-0.2, 0) is 31.9 Å². The molecular formula is C40H43ClF2N8O6S4. The topological polar surface area (TPSA) is 160 Å². The van der Waals surface area contributed by atoms with Crippen LogP contribution < -0.4 is 24.6 Å². The van der Waals surface area contributed by atoms with Gasteiger partial charge in [0.1, 0.15) is 34.8 Å². The zero-order valence-electron chi connectivity index (χ0n) is 33.2. The number of methoxy groups -OCH3 is 2. The van der Waals surface area contributed by atoms with Crippen LogP contribution >= 0.6 is 33.7 Å². The van der Waals surface area contributed by atoms with E-state index >= 15 is 0 Å². The lowest BCUT2D eigenvalue weighted by molar-refractivity contribution is 0.384. The van der Waals surface area contributed by atoms with E-state index in [0.717, 1.165) is 36.4 Å². The third-order valence-corrected chi connectivity index (χ3v) is 14.4. The first-order valence-electron chi connectivity index (χ1n) is 18.9. The summed E-state index contributed by atoms with van der Waals surface area (Å²) < 4.78 is 94.8. The smallest absolute Gasteiger partial charge is 0.261 e. The van der Waals surface area contributed by atoms with Crippen molar-refractivity contribution in [1.29, 1.82) is 0 Å². The van der Waals surface area contributed by atoms with Crippen LogP contribution in [0, 0.1) is 11.6 Å². The molecule has 2 aliphatic heterocycles. The van der Waals surface area contributed by atoms with Crippen LogP contribution in [0.3, 0.4) is 0 Å². The predicted octanol–water partition coefficient (Wildman–Crippen LogP) is 6.09. The van der Waals surface area contributed by atoms with Crippen LogP contribution in [0.25, 0.3) is 0 Å². The molecule has 0 amide bonds. The van der Waals surface area contributed by atoms with E-state index in [9.17, 15) is 25.6 Å². The third-order valence-electron chi connectivity index (χ3n) is 9.46. The molecule has 0 radical (unpaired) electrons. The summed E-state index contributed by atoms with van der Waals surface area (Å²) in [4.78, 5) is 13.6. The molecule has 0 spiro atoms. The molecule has 0 atom stereocenters. The van der Waals surface area contributed by atoms with Crippen molar-refractivity contribution >= 4 is 63.1 Å². The number of aromatic nitrogens is 4. The van der Waals surface area contributed by atoms with Crippen LogP contribution in [-0.4, -0.2) is 106 Å². The van der Waals surface area contributed by atoms with E-state index in [1.54, 1.807) is 54.6 Å². The number of rotatable bonds is 11. The SMILES string of the molecule is COc1ccc(S(=O)(=O)Cl)cc1.COc1ccc(S(=O)(=O)N2CCN(c3nc(Cc4ccccc4F)ns3)CC2)cc1.Fc1ccccc1Cc1nsc(N2CCNCC2)n1. The maximum Gasteiger partial charge on any atom is 0.261 e. The molecule has 21 heteroatoms. The van der Waals surface area contributed by atoms with Crippen LogP contribution in [0.5, 0.6) is 11.5 Å². The largest absolute Gasteiger partial charge is 0.497 e. The van der Waals surface area contributed by atoms with Crippen molar-refractivity contribution in [3.63, 3.8) is 0 Å². The average Bonchev–Trinajstić information content (AvgIpc) is 3.96. The first-order chi connectivity index (χ1) is 29.3. The zero-order chi connectivity index (χ0) is 43.4. The second kappa shape index (κ2) is 21.3. The molecule has 2 fully saturated rings. The van der Waals surface area contributed by atoms with Crippen LogP contribution in [0.2, 0.25) is 0 Å². The molecule has 0 unspecified atom stereocenters. The van der Waals surface area contributed by atoms with Crippen molar-refractivity contribution in [2.75, 3.05) is 76.4 Å². The van der Waals surface area contributed by atoms with Crippen LogP contribution in [0.15, 0.2) is 107 Å². The fraction of sp³-hybridized carbons (Fsp3) is 0.300. The van der Waals surface area contributed by atoms with Gasteiger partial charge in [-0.25, -0.2) is 35.6 Å². The highest BCUT2D eigenvalue weighted by molar-refractivity contribution is 8.13. The lowest BCUT2D eigenvalue weighted by Crippen LogP contribution is -2.48. The molecule has 4 aromatic carbocycles. The Morgan fingerprint density at radius 3 is 1.48 bits per heavy atom. The van der Waals surface area contributed by atoms with E-state index in [4.69, 9.17) is 20.2 Å². The minimum atomic E-state index is -3.61. The Morgan fingerprint density at radius 1 is 0.623 bits per heavy atom. The summed E-state index contributed by atoms with van der Waals surface area (Å²) in [6.07, 6.45) is 0.782. The summed E-state index contributed by atoms with van der Waals surface area (Å²) in [7, 11) is 0.962. The molecule has 6 aromatic rings. The summed E-state index contributed by atoms with van der Waals surface area (Å²) in [6.45, 7) is 5.60. The molecule has 0 bridgehead atoms. The number of hydrogen-bond acceptors (Lipinski definition) is 15. The van der Waals surface area contributed by atoms with Crippen molar-refractivity contribution in [1.82, 2.24) is 28.3 Å². The van der Waals surface area contributed by atoms with Gasteiger partial charge in [-0.15, -0.1) is 0 Å². The van der Waals surface area contributed by atoms with Gasteiger partial charge in [-0.3, -0.25) is 0 Å². The van der Waals surface area contributed by atoms with E-state index in [1.807, 2.05) is 11.0 Å². The quantitative estimate of drug-likeness (QED) is 0.149. The summed E-state index contributed by atoms with van der Waals surface area (Å²) in [5, 5.41) is 4.97. The second-order valence-corrected chi connectivity index (χ2v) is 19.4. The first kappa shape index (κ1) is 45.7. The molecule has 2 saturated heterocycles. The molecule has 2 aliphatic rings. The Balaban J connectivity index is 0.000000171. The number of ether oxygens (including phenoxy) is 2. The number of benzene rings is 4. The molecule has 324 valence electrons. The molecule has 0 saturated carbocycles. The maximum atomic E-state index is 13.8. The van der Waals surface area contributed by atoms with Crippen molar-refractivity contribution < 1.29 is 35.1 Å². The van der Waals surface area contributed by atoms with Crippen LogP contribution in [0.1, 0.15) is 22.8 Å². The second-order valence-electron chi connectivity index (χ2n) is 13.4. The third kappa shape index (κ3) is 12.6. The van der Waals surface area contributed by atoms with E-state index in [-0.39, 0.29) is 21.4 Å². The average molecular weight is 934 g/mol. The minimum Gasteiger partial charge on any atom is -0.497 e. The van der Waals surface area contributed by atoms with Crippen molar-refractivity contribution in [3.05, 3.63) is 131 Å². The Labute approximate surface area is 366 Å². The number of sulfonamides is 1. The van der Waals surface area contributed by atoms with Gasteiger partial charge < -0.3 is 24.6 Å². The van der Waals surface area contributed by atoms with Crippen molar-refractivity contribution in [2.24, 2.45) is 0 Å². The molecule has 14 nitrogen and oxygen atoms in total. The van der Waals surface area contributed by atoms with Crippen LogP contribution in [0.4, 0.5) is 19.0 Å². The summed E-state index contributed by atoms with van der Waals surface area (Å²) in [6, 6.07) is 25.6. The predicted molar refractivity (Wildman–Crippen MR) is 233 cm³/mol. The van der Waals surface area contributed by atoms with Gasteiger partial charge in [-0.1, -0.05) is 36.4 Å². The Hall–Kier alpha value is -4.83. The lowest BCUT2D eigenvalue weighted by atomic mass is 10.1. The number of hydrogen-bond donors (Lipinski definition) is 1. The number of nitrogens with zero attached hydrogens (tertiary/aromatic N) is 7. The van der Waals surface area contributed by atoms with Gasteiger partial charge in [0.05, 0.1) is 24.0 Å². The Bertz CT molecular complexity index is 2550. The van der Waals surface area contributed by atoms with Crippen molar-refractivity contribution in [2.45, 2.75) is 22.6 Å². The van der Waals surface area contributed by atoms with Crippen molar-refractivity contribution in [3.8, 4) is 11.5 Å². The molecule has 2 aromatic heterocycles. The fourth-order valence-corrected chi connectivity index (χ4v) is 9.79. The normalized spacial score (nSPS) is 14.6. The number of halogens is 3. The first-order valence-corrected chi connectivity index (χ1v) is 24.2. The highest BCUT2D eigenvalue weighted by Gasteiger charge is 2.30. The zero-order valence-corrected chi connectivity index (χ0v) is 37.2. The minimum absolute atomic E-state index is 0.0740.